The van der Waals surface area contributed by atoms with Crippen molar-refractivity contribution in [1.82, 2.24) is 10.3 Å². The molecule has 0 aliphatic rings. The first kappa shape index (κ1) is 14.2. The van der Waals surface area contributed by atoms with Gasteiger partial charge >= 0.3 is 0 Å². The predicted octanol–water partition coefficient (Wildman–Crippen LogP) is 3.95. The summed E-state index contributed by atoms with van der Waals surface area (Å²) in [7, 11) is 0. The molecule has 0 radical (unpaired) electrons. The standard InChI is InChI=1S/C15H26N2/c1-12(13-8-7-9-16-10-13)17-15(5,6)11-14(2,3)4/h7-10,12,17H,11H2,1-6H3. The Bertz CT molecular complexity index is 336. The Kier molecular flexibility index (Phi) is 4.31. The van der Waals surface area contributed by atoms with Crippen molar-refractivity contribution < 1.29 is 0 Å². The summed E-state index contributed by atoms with van der Waals surface area (Å²) in [5, 5.41) is 3.69. The van der Waals surface area contributed by atoms with E-state index in [-0.39, 0.29) is 5.54 Å². The third kappa shape index (κ3) is 5.31. The zero-order valence-corrected chi connectivity index (χ0v) is 12.0. The van der Waals surface area contributed by atoms with Crippen LogP contribution in [0, 0.1) is 5.41 Å². The van der Waals surface area contributed by atoms with Gasteiger partial charge in [-0.2, -0.15) is 0 Å². The van der Waals surface area contributed by atoms with E-state index in [0.29, 0.717) is 11.5 Å². The molecular formula is C15H26N2. The number of nitrogens with zero attached hydrogens (tertiary/aromatic N) is 1. The number of hydrogen-bond donors (Lipinski definition) is 1. The van der Waals surface area contributed by atoms with E-state index in [1.165, 1.54) is 5.56 Å². The van der Waals surface area contributed by atoms with E-state index in [0.717, 1.165) is 6.42 Å². The van der Waals surface area contributed by atoms with E-state index >= 15 is 0 Å². The van der Waals surface area contributed by atoms with Gasteiger partial charge in [-0.15, -0.1) is 0 Å². The summed E-state index contributed by atoms with van der Waals surface area (Å²) in [4.78, 5) is 4.17. The largest absolute Gasteiger partial charge is 0.305 e. The predicted molar refractivity (Wildman–Crippen MR) is 73.9 cm³/mol. The summed E-state index contributed by atoms with van der Waals surface area (Å²) in [6, 6.07) is 4.45. The third-order valence-corrected chi connectivity index (χ3v) is 2.76. The molecule has 1 heterocycles. The van der Waals surface area contributed by atoms with Crippen LogP contribution in [0.15, 0.2) is 24.5 Å². The zero-order chi connectivity index (χ0) is 13.1. The fourth-order valence-electron chi connectivity index (χ4n) is 2.68. The van der Waals surface area contributed by atoms with Crippen molar-refractivity contribution in [2.24, 2.45) is 5.41 Å². The van der Waals surface area contributed by atoms with Crippen molar-refractivity contribution in [3.8, 4) is 0 Å². The van der Waals surface area contributed by atoms with E-state index in [1.54, 1.807) is 0 Å². The molecular weight excluding hydrogens is 208 g/mol. The van der Waals surface area contributed by atoms with Crippen LogP contribution < -0.4 is 5.32 Å². The lowest BCUT2D eigenvalue weighted by Crippen LogP contribution is -2.43. The van der Waals surface area contributed by atoms with E-state index in [9.17, 15) is 0 Å². The van der Waals surface area contributed by atoms with E-state index in [4.69, 9.17) is 0 Å². The van der Waals surface area contributed by atoms with Crippen LogP contribution in [-0.2, 0) is 0 Å². The van der Waals surface area contributed by atoms with Crippen LogP contribution in [0.4, 0.5) is 0 Å². The number of hydrogen-bond acceptors (Lipinski definition) is 2. The molecule has 0 saturated carbocycles. The number of rotatable bonds is 4. The topological polar surface area (TPSA) is 24.9 Å². The molecule has 0 amide bonds. The minimum absolute atomic E-state index is 0.132. The van der Waals surface area contributed by atoms with E-state index in [2.05, 4.69) is 57.9 Å². The van der Waals surface area contributed by atoms with Crippen molar-refractivity contribution in [3.05, 3.63) is 30.1 Å². The molecule has 96 valence electrons. The molecule has 0 saturated heterocycles. The first-order valence-electron chi connectivity index (χ1n) is 6.37. The molecule has 0 bridgehead atoms. The van der Waals surface area contributed by atoms with Gasteiger partial charge in [0.1, 0.15) is 0 Å². The van der Waals surface area contributed by atoms with Crippen LogP contribution in [0.2, 0.25) is 0 Å². The molecule has 0 spiro atoms. The quantitative estimate of drug-likeness (QED) is 0.853. The SMILES string of the molecule is CC(NC(C)(C)CC(C)(C)C)c1cccnc1. The molecule has 2 nitrogen and oxygen atoms in total. The summed E-state index contributed by atoms with van der Waals surface area (Å²) in [6.07, 6.45) is 4.89. The number of aromatic nitrogens is 1. The average molecular weight is 234 g/mol. The smallest absolute Gasteiger partial charge is 0.0315 e. The molecule has 0 fully saturated rings. The van der Waals surface area contributed by atoms with Crippen LogP contribution in [0.3, 0.4) is 0 Å². The van der Waals surface area contributed by atoms with Crippen LogP contribution in [0.1, 0.15) is 59.6 Å². The van der Waals surface area contributed by atoms with Gasteiger partial charge in [0, 0.05) is 24.0 Å². The lowest BCUT2D eigenvalue weighted by molar-refractivity contribution is 0.226. The van der Waals surface area contributed by atoms with E-state index in [1.807, 2.05) is 18.5 Å². The van der Waals surface area contributed by atoms with Gasteiger partial charge in [-0.1, -0.05) is 26.8 Å². The summed E-state index contributed by atoms with van der Waals surface area (Å²) < 4.78 is 0. The molecule has 2 heteroatoms. The van der Waals surface area contributed by atoms with Crippen LogP contribution in [-0.4, -0.2) is 10.5 Å². The molecule has 0 aliphatic heterocycles. The van der Waals surface area contributed by atoms with Gasteiger partial charge in [-0.3, -0.25) is 4.98 Å². The van der Waals surface area contributed by atoms with Gasteiger partial charge < -0.3 is 5.32 Å². The number of nitrogens with one attached hydrogen (secondary N) is 1. The second-order valence-corrected chi connectivity index (χ2v) is 6.77. The molecule has 17 heavy (non-hydrogen) atoms. The summed E-state index contributed by atoms with van der Waals surface area (Å²) in [5.41, 5.74) is 1.72. The molecule has 0 aromatic carbocycles. The van der Waals surface area contributed by atoms with Crippen LogP contribution in [0.5, 0.6) is 0 Å². The van der Waals surface area contributed by atoms with Crippen molar-refractivity contribution in [1.29, 1.82) is 0 Å². The molecule has 1 atom stereocenters. The van der Waals surface area contributed by atoms with Gasteiger partial charge in [-0.05, 0) is 44.2 Å². The average Bonchev–Trinajstić information content (AvgIpc) is 2.14. The maximum absolute atomic E-state index is 4.17. The molecule has 1 N–H and O–H groups in total. The highest BCUT2D eigenvalue weighted by Crippen LogP contribution is 2.28. The first-order valence-corrected chi connectivity index (χ1v) is 6.37. The maximum atomic E-state index is 4.17. The summed E-state index contributed by atoms with van der Waals surface area (Å²) in [6.45, 7) is 13.6. The lowest BCUT2D eigenvalue weighted by atomic mass is 9.81. The van der Waals surface area contributed by atoms with Gasteiger partial charge in [-0.25, -0.2) is 0 Å². The monoisotopic (exact) mass is 234 g/mol. The van der Waals surface area contributed by atoms with Crippen molar-refractivity contribution >= 4 is 0 Å². The van der Waals surface area contributed by atoms with Gasteiger partial charge in [0.15, 0.2) is 0 Å². The Morgan fingerprint density at radius 1 is 1.24 bits per heavy atom. The van der Waals surface area contributed by atoms with Gasteiger partial charge in [0.05, 0.1) is 0 Å². The maximum Gasteiger partial charge on any atom is 0.0315 e. The van der Waals surface area contributed by atoms with Crippen molar-refractivity contribution in [2.45, 2.75) is 59.5 Å². The summed E-state index contributed by atoms with van der Waals surface area (Å²) >= 11 is 0. The van der Waals surface area contributed by atoms with Gasteiger partial charge in [0.25, 0.3) is 0 Å². The second kappa shape index (κ2) is 5.18. The van der Waals surface area contributed by atoms with Crippen LogP contribution >= 0.6 is 0 Å². The Hall–Kier alpha value is -0.890. The normalized spacial score (nSPS) is 14.7. The molecule has 0 aliphatic carbocycles. The zero-order valence-electron chi connectivity index (χ0n) is 12.0. The second-order valence-electron chi connectivity index (χ2n) is 6.77. The molecule has 1 unspecified atom stereocenters. The minimum Gasteiger partial charge on any atom is -0.305 e. The third-order valence-electron chi connectivity index (χ3n) is 2.76. The highest BCUT2D eigenvalue weighted by molar-refractivity contribution is 5.13. The molecule has 1 aromatic heterocycles. The van der Waals surface area contributed by atoms with Gasteiger partial charge in [0.2, 0.25) is 0 Å². The number of pyridine rings is 1. The molecule has 1 aromatic rings. The summed E-state index contributed by atoms with van der Waals surface area (Å²) in [5.74, 6) is 0. The Morgan fingerprint density at radius 2 is 1.88 bits per heavy atom. The van der Waals surface area contributed by atoms with Crippen molar-refractivity contribution in [3.63, 3.8) is 0 Å². The highest BCUT2D eigenvalue weighted by Gasteiger charge is 2.26. The Labute approximate surface area is 106 Å². The highest BCUT2D eigenvalue weighted by atomic mass is 15.0. The van der Waals surface area contributed by atoms with E-state index < -0.39 is 0 Å². The Balaban J connectivity index is 2.65. The lowest BCUT2D eigenvalue weighted by Gasteiger charge is -2.36. The fourth-order valence-corrected chi connectivity index (χ4v) is 2.68. The Morgan fingerprint density at radius 3 is 2.35 bits per heavy atom. The fraction of sp³-hybridized carbons (Fsp3) is 0.667. The first-order chi connectivity index (χ1) is 7.70. The van der Waals surface area contributed by atoms with Crippen molar-refractivity contribution in [2.75, 3.05) is 0 Å². The minimum atomic E-state index is 0.132. The van der Waals surface area contributed by atoms with Crippen LogP contribution in [0.25, 0.3) is 0 Å². The molecule has 1 rings (SSSR count).